The third-order valence-electron chi connectivity index (χ3n) is 2.89. The molecule has 23 heavy (non-hydrogen) atoms. The molecule has 0 aliphatic heterocycles. The van der Waals surface area contributed by atoms with Crippen molar-refractivity contribution in [2.75, 3.05) is 19.8 Å². The van der Waals surface area contributed by atoms with Crippen LogP contribution in [-0.4, -0.2) is 50.0 Å². The van der Waals surface area contributed by atoms with Gasteiger partial charge < -0.3 is 19.7 Å². The lowest BCUT2D eigenvalue weighted by Gasteiger charge is -2.19. The number of rotatable bonds is 9. The number of carboxylic acids is 1. The smallest absolute Gasteiger partial charge is 0.336 e. The topological polar surface area (TPSA) is 122 Å². The van der Waals surface area contributed by atoms with Gasteiger partial charge in [-0.25, -0.2) is 17.9 Å². The third-order valence-corrected chi connectivity index (χ3v) is 4.29. The van der Waals surface area contributed by atoms with Gasteiger partial charge in [0, 0.05) is 6.07 Å². The monoisotopic (exact) mass is 347 g/mol. The fourth-order valence-corrected chi connectivity index (χ4v) is 2.74. The van der Waals surface area contributed by atoms with E-state index in [9.17, 15) is 18.3 Å². The Bertz CT molecular complexity index is 655. The molecule has 0 fully saturated rings. The van der Waals surface area contributed by atoms with E-state index in [2.05, 4.69) is 4.72 Å². The number of ether oxygens (including phenoxy) is 2. The molecule has 8 nitrogen and oxygen atoms in total. The van der Waals surface area contributed by atoms with Crippen molar-refractivity contribution < 1.29 is 32.9 Å². The van der Waals surface area contributed by atoms with Gasteiger partial charge >= 0.3 is 5.97 Å². The maximum absolute atomic E-state index is 12.2. The van der Waals surface area contributed by atoms with Gasteiger partial charge in [0.2, 0.25) is 10.0 Å². The lowest BCUT2D eigenvalue weighted by Crippen LogP contribution is -2.46. The quantitative estimate of drug-likeness (QED) is 0.598. The highest BCUT2D eigenvalue weighted by molar-refractivity contribution is 7.89. The molecule has 1 aromatic carbocycles. The molecule has 130 valence electrons. The fourth-order valence-electron chi connectivity index (χ4n) is 1.59. The van der Waals surface area contributed by atoms with Crippen LogP contribution in [0.3, 0.4) is 0 Å². The highest BCUT2D eigenvalue weighted by Crippen LogP contribution is 2.30. The number of benzene rings is 1. The molecule has 1 atom stereocenters. The number of aliphatic carboxylic acids is 1. The van der Waals surface area contributed by atoms with Gasteiger partial charge in [0.25, 0.3) is 0 Å². The van der Waals surface area contributed by atoms with Gasteiger partial charge in [0.15, 0.2) is 17.1 Å². The van der Waals surface area contributed by atoms with Crippen LogP contribution in [0.15, 0.2) is 23.1 Å². The van der Waals surface area contributed by atoms with E-state index in [1.807, 2.05) is 0 Å². The van der Waals surface area contributed by atoms with Gasteiger partial charge in [-0.2, -0.15) is 0 Å². The van der Waals surface area contributed by atoms with Gasteiger partial charge in [0.1, 0.15) is 0 Å². The van der Waals surface area contributed by atoms with Crippen molar-refractivity contribution in [2.45, 2.75) is 31.3 Å². The molecule has 3 N–H and O–H groups in total. The first-order valence-electron chi connectivity index (χ1n) is 6.99. The second kappa shape index (κ2) is 7.62. The molecule has 0 amide bonds. The van der Waals surface area contributed by atoms with Crippen LogP contribution in [0.2, 0.25) is 0 Å². The maximum Gasteiger partial charge on any atom is 0.336 e. The van der Waals surface area contributed by atoms with E-state index < -0.39 is 28.1 Å². The second-order valence-electron chi connectivity index (χ2n) is 4.88. The Morgan fingerprint density at radius 1 is 1.22 bits per heavy atom. The Hall–Kier alpha value is -1.84. The summed E-state index contributed by atoms with van der Waals surface area (Å²) >= 11 is 0. The number of sulfonamides is 1. The number of carboxylic acid groups (broad SMARTS) is 1. The van der Waals surface area contributed by atoms with Crippen molar-refractivity contribution in [3.05, 3.63) is 18.2 Å². The van der Waals surface area contributed by atoms with Crippen LogP contribution in [0.4, 0.5) is 0 Å². The molecule has 1 aromatic rings. The van der Waals surface area contributed by atoms with Crippen molar-refractivity contribution in [2.24, 2.45) is 0 Å². The van der Waals surface area contributed by atoms with Crippen LogP contribution in [0.25, 0.3) is 0 Å². The molecule has 0 heterocycles. The standard InChI is InChI=1S/C14H21NO7S/c1-4-21-11-7-6-10(8-12(11)22-5-2)23(19,20)15-9-14(3,18)13(16)17/h6-8,15,18H,4-5,9H2,1-3H3,(H,16,17). The molecule has 0 radical (unpaired) electrons. The third kappa shape index (κ3) is 5.08. The Morgan fingerprint density at radius 2 is 1.78 bits per heavy atom. The molecule has 0 aromatic heterocycles. The minimum absolute atomic E-state index is 0.120. The van der Waals surface area contributed by atoms with E-state index in [0.29, 0.717) is 19.0 Å². The molecule has 0 saturated carbocycles. The minimum Gasteiger partial charge on any atom is -0.490 e. The summed E-state index contributed by atoms with van der Waals surface area (Å²) < 4.78 is 37.2. The number of hydrogen-bond donors (Lipinski definition) is 3. The molecule has 0 aliphatic rings. The summed E-state index contributed by atoms with van der Waals surface area (Å²) in [6.07, 6.45) is 0. The Balaban J connectivity index is 3.04. The van der Waals surface area contributed by atoms with Crippen molar-refractivity contribution >= 4 is 16.0 Å². The first-order chi connectivity index (χ1) is 10.6. The van der Waals surface area contributed by atoms with Gasteiger partial charge in [-0.1, -0.05) is 0 Å². The average molecular weight is 347 g/mol. The average Bonchev–Trinajstić information content (AvgIpc) is 2.47. The molecule has 0 spiro atoms. The number of hydrogen-bond acceptors (Lipinski definition) is 6. The van der Waals surface area contributed by atoms with E-state index in [4.69, 9.17) is 14.6 Å². The van der Waals surface area contributed by atoms with Crippen molar-refractivity contribution in [3.8, 4) is 11.5 Å². The number of carbonyl (C=O) groups is 1. The molecule has 0 saturated heterocycles. The highest BCUT2D eigenvalue weighted by atomic mass is 32.2. The summed E-state index contributed by atoms with van der Waals surface area (Å²) in [5.41, 5.74) is -2.21. The van der Waals surface area contributed by atoms with Crippen LogP contribution < -0.4 is 14.2 Å². The van der Waals surface area contributed by atoms with Crippen molar-refractivity contribution in [1.82, 2.24) is 4.72 Å². The molecule has 0 bridgehead atoms. The highest BCUT2D eigenvalue weighted by Gasteiger charge is 2.32. The van der Waals surface area contributed by atoms with Gasteiger partial charge in [-0.05, 0) is 32.9 Å². The second-order valence-corrected chi connectivity index (χ2v) is 6.65. The summed E-state index contributed by atoms with van der Waals surface area (Å²) in [6, 6.07) is 4.05. The Morgan fingerprint density at radius 3 is 2.30 bits per heavy atom. The Kier molecular flexibility index (Phi) is 6.37. The molecular formula is C14H21NO7S. The van der Waals surface area contributed by atoms with Crippen LogP contribution >= 0.6 is 0 Å². The number of nitrogens with one attached hydrogen (secondary N) is 1. The molecule has 9 heteroatoms. The van der Waals surface area contributed by atoms with E-state index in [1.165, 1.54) is 18.2 Å². The van der Waals surface area contributed by atoms with Crippen LogP contribution in [-0.2, 0) is 14.8 Å². The largest absolute Gasteiger partial charge is 0.490 e. The fraction of sp³-hybridized carbons (Fsp3) is 0.500. The predicted molar refractivity (Wildman–Crippen MR) is 82.2 cm³/mol. The Labute approximate surface area is 135 Å². The lowest BCUT2D eigenvalue weighted by atomic mass is 10.1. The zero-order valence-corrected chi connectivity index (χ0v) is 14.0. The summed E-state index contributed by atoms with van der Waals surface area (Å²) in [7, 11) is -4.01. The van der Waals surface area contributed by atoms with Crippen LogP contribution in [0, 0.1) is 0 Å². The minimum atomic E-state index is -4.01. The van der Waals surface area contributed by atoms with Crippen molar-refractivity contribution in [3.63, 3.8) is 0 Å². The van der Waals surface area contributed by atoms with E-state index in [0.717, 1.165) is 6.92 Å². The maximum atomic E-state index is 12.2. The van der Waals surface area contributed by atoms with Gasteiger partial charge in [0.05, 0.1) is 24.7 Å². The first-order valence-corrected chi connectivity index (χ1v) is 8.47. The number of aliphatic hydroxyl groups is 1. The van der Waals surface area contributed by atoms with Crippen molar-refractivity contribution in [1.29, 1.82) is 0 Å². The first kappa shape index (κ1) is 19.2. The van der Waals surface area contributed by atoms with E-state index >= 15 is 0 Å². The zero-order chi connectivity index (χ0) is 17.7. The molecular weight excluding hydrogens is 326 g/mol. The SMILES string of the molecule is CCOc1ccc(S(=O)(=O)NCC(C)(O)C(=O)O)cc1OCC. The van der Waals surface area contributed by atoms with Crippen LogP contribution in [0.5, 0.6) is 11.5 Å². The predicted octanol–water partition coefficient (Wildman–Crippen LogP) is 0.598. The summed E-state index contributed by atoms with van der Waals surface area (Å²) in [5.74, 6) is -0.852. The normalized spacial score (nSPS) is 14.1. The lowest BCUT2D eigenvalue weighted by molar-refractivity contribution is -0.155. The molecule has 1 unspecified atom stereocenters. The molecule has 1 rings (SSSR count). The van der Waals surface area contributed by atoms with E-state index in [1.54, 1.807) is 13.8 Å². The zero-order valence-electron chi connectivity index (χ0n) is 13.2. The summed E-state index contributed by atoms with van der Waals surface area (Å²) in [4.78, 5) is 10.7. The molecule has 0 aliphatic carbocycles. The van der Waals surface area contributed by atoms with Crippen LogP contribution in [0.1, 0.15) is 20.8 Å². The van der Waals surface area contributed by atoms with Gasteiger partial charge in [-0.3, -0.25) is 0 Å². The summed E-state index contributed by atoms with van der Waals surface area (Å²) in [5, 5.41) is 18.4. The summed E-state index contributed by atoms with van der Waals surface area (Å²) in [6.45, 7) is 4.59. The van der Waals surface area contributed by atoms with Gasteiger partial charge in [-0.15, -0.1) is 0 Å². The van der Waals surface area contributed by atoms with E-state index in [-0.39, 0.29) is 10.6 Å².